The van der Waals surface area contributed by atoms with Crippen LogP contribution in [0.25, 0.3) is 0 Å². The van der Waals surface area contributed by atoms with Crippen LogP contribution in [-0.4, -0.2) is 11.1 Å². The molecule has 0 saturated heterocycles. The Balaban J connectivity index is 2.60. The Labute approximate surface area is 108 Å². The fourth-order valence-electron chi connectivity index (χ4n) is 0.910. The summed E-state index contributed by atoms with van der Waals surface area (Å²) in [7, 11) is 0. The molecule has 0 fully saturated rings. The third kappa shape index (κ3) is 3.53. The van der Waals surface area contributed by atoms with E-state index in [1.54, 1.807) is 0 Å². The van der Waals surface area contributed by atoms with E-state index in [-0.39, 0.29) is 11.8 Å². The Bertz CT molecular complexity index is 321. The second-order valence-corrected chi connectivity index (χ2v) is 6.45. The lowest BCUT2D eigenvalue weighted by Gasteiger charge is -2.03. The molecule has 0 spiro atoms. The summed E-state index contributed by atoms with van der Waals surface area (Å²) in [5, 5.41) is 8.27. The maximum Gasteiger partial charge on any atom is 0.303 e. The van der Waals surface area contributed by atoms with Crippen LogP contribution in [0.3, 0.4) is 0 Å². The van der Waals surface area contributed by atoms with Gasteiger partial charge in [0.15, 0.2) is 0 Å². The molecule has 1 aromatic heterocycles. The summed E-state index contributed by atoms with van der Waals surface area (Å²) >= 11 is 14.3. The molecule has 0 bridgehead atoms. The minimum absolute atomic E-state index is 0.0985. The van der Waals surface area contributed by atoms with Gasteiger partial charge >= 0.3 is 5.97 Å². The third-order valence-electron chi connectivity index (χ3n) is 1.58. The van der Waals surface area contributed by atoms with Crippen molar-refractivity contribution < 1.29 is 9.90 Å². The van der Waals surface area contributed by atoms with E-state index < -0.39 is 5.97 Å². The summed E-state index contributed by atoms with van der Waals surface area (Å²) in [6.07, 6.45) is 0.553. The lowest BCUT2D eigenvalue weighted by Crippen LogP contribution is -1.96. The largest absolute Gasteiger partial charge is 0.481 e. The highest BCUT2D eigenvalue weighted by molar-refractivity contribution is 9.13. The zero-order chi connectivity index (χ0) is 10.7. The third-order valence-corrected chi connectivity index (χ3v) is 5.54. The van der Waals surface area contributed by atoms with Gasteiger partial charge in [-0.25, -0.2) is 0 Å². The summed E-state index contributed by atoms with van der Waals surface area (Å²) in [4.78, 5) is 11.3. The fraction of sp³-hybridized carbons (Fsp3) is 0.375. The van der Waals surface area contributed by atoms with E-state index in [0.29, 0.717) is 6.42 Å². The van der Waals surface area contributed by atoms with Crippen molar-refractivity contribution in [2.45, 2.75) is 18.2 Å². The van der Waals surface area contributed by atoms with Gasteiger partial charge in [-0.15, -0.1) is 22.9 Å². The van der Waals surface area contributed by atoms with Gasteiger partial charge in [0.25, 0.3) is 0 Å². The van der Waals surface area contributed by atoms with Crippen LogP contribution < -0.4 is 0 Å². The highest BCUT2D eigenvalue weighted by Crippen LogP contribution is 2.39. The highest BCUT2D eigenvalue weighted by atomic mass is 79.9. The zero-order valence-corrected chi connectivity index (χ0v) is 11.7. The van der Waals surface area contributed by atoms with Crippen LogP contribution in [-0.2, 0) is 4.79 Å². The molecule has 1 N–H and O–H groups in total. The summed E-state index contributed by atoms with van der Waals surface area (Å²) in [5.74, 6) is -0.815. The number of hydrogen-bond acceptors (Lipinski definition) is 2. The van der Waals surface area contributed by atoms with Crippen molar-refractivity contribution in [1.82, 2.24) is 0 Å². The van der Waals surface area contributed by atoms with Gasteiger partial charge in [-0.2, -0.15) is 0 Å². The molecule has 0 aliphatic heterocycles. The van der Waals surface area contributed by atoms with Gasteiger partial charge in [0.2, 0.25) is 0 Å². The molecular weight excluding hydrogens is 355 g/mol. The van der Waals surface area contributed by atoms with E-state index in [9.17, 15) is 4.79 Å². The SMILES string of the molecule is O=C(O)CCC(Cl)c1cc(Br)c(Br)s1. The molecular formula is C8H7Br2ClO2S. The summed E-state index contributed by atoms with van der Waals surface area (Å²) in [6.45, 7) is 0. The summed E-state index contributed by atoms with van der Waals surface area (Å²) < 4.78 is 1.94. The number of rotatable bonds is 4. The second-order valence-electron chi connectivity index (χ2n) is 2.67. The van der Waals surface area contributed by atoms with E-state index in [4.69, 9.17) is 16.7 Å². The number of carboxylic acids is 1. The van der Waals surface area contributed by atoms with Crippen molar-refractivity contribution in [1.29, 1.82) is 0 Å². The molecule has 0 amide bonds. The van der Waals surface area contributed by atoms with E-state index in [1.807, 2.05) is 6.07 Å². The Kier molecular flexibility index (Phi) is 4.90. The zero-order valence-electron chi connectivity index (χ0n) is 6.97. The number of thiophene rings is 1. The van der Waals surface area contributed by atoms with Gasteiger partial charge in [-0.05, 0) is 44.3 Å². The lowest BCUT2D eigenvalue weighted by molar-refractivity contribution is -0.137. The average molecular weight is 362 g/mol. The van der Waals surface area contributed by atoms with Crippen molar-refractivity contribution >= 4 is 60.8 Å². The summed E-state index contributed by atoms with van der Waals surface area (Å²) in [6, 6.07) is 1.91. The van der Waals surface area contributed by atoms with Crippen LogP contribution in [0.5, 0.6) is 0 Å². The molecule has 78 valence electrons. The quantitative estimate of drug-likeness (QED) is 0.805. The van der Waals surface area contributed by atoms with Crippen LogP contribution in [0.2, 0.25) is 0 Å². The molecule has 2 nitrogen and oxygen atoms in total. The first-order valence-electron chi connectivity index (χ1n) is 3.81. The monoisotopic (exact) mass is 360 g/mol. The lowest BCUT2D eigenvalue weighted by atomic mass is 10.2. The molecule has 14 heavy (non-hydrogen) atoms. The molecule has 0 aromatic carbocycles. The first kappa shape index (κ1) is 12.5. The van der Waals surface area contributed by atoms with Crippen molar-refractivity contribution in [3.8, 4) is 0 Å². The van der Waals surface area contributed by atoms with E-state index in [1.165, 1.54) is 11.3 Å². The number of carboxylic acid groups (broad SMARTS) is 1. The minimum atomic E-state index is -0.815. The van der Waals surface area contributed by atoms with Crippen molar-refractivity contribution in [3.05, 3.63) is 19.2 Å². The maximum absolute atomic E-state index is 10.3. The fourth-order valence-corrected chi connectivity index (χ4v) is 3.32. The number of alkyl halides is 1. The standard InChI is InChI=1S/C8H7Br2ClO2S/c9-4-3-6(14-8(4)10)5(11)1-2-7(12)13/h3,5H,1-2H2,(H,12,13). The molecule has 1 unspecified atom stereocenters. The average Bonchev–Trinajstić information content (AvgIpc) is 2.43. The Morgan fingerprint density at radius 2 is 2.29 bits per heavy atom. The van der Waals surface area contributed by atoms with Crippen LogP contribution >= 0.6 is 54.8 Å². The molecule has 1 rings (SSSR count). The van der Waals surface area contributed by atoms with Crippen molar-refractivity contribution in [2.75, 3.05) is 0 Å². The predicted molar refractivity (Wildman–Crippen MR) is 65.2 cm³/mol. The topological polar surface area (TPSA) is 37.3 Å². The smallest absolute Gasteiger partial charge is 0.303 e. The van der Waals surface area contributed by atoms with Gasteiger partial charge in [-0.1, -0.05) is 0 Å². The molecule has 0 radical (unpaired) electrons. The first-order chi connectivity index (χ1) is 6.50. The van der Waals surface area contributed by atoms with Crippen LogP contribution in [0, 0.1) is 0 Å². The van der Waals surface area contributed by atoms with Gasteiger partial charge in [-0.3, -0.25) is 4.79 Å². The minimum Gasteiger partial charge on any atom is -0.481 e. The molecule has 0 aliphatic rings. The van der Waals surface area contributed by atoms with Crippen LogP contribution in [0.1, 0.15) is 23.1 Å². The number of carbonyl (C=O) groups is 1. The van der Waals surface area contributed by atoms with Crippen LogP contribution in [0.15, 0.2) is 14.3 Å². The van der Waals surface area contributed by atoms with Crippen molar-refractivity contribution in [3.63, 3.8) is 0 Å². The molecule has 1 aromatic rings. The van der Waals surface area contributed by atoms with Crippen LogP contribution in [0.4, 0.5) is 0 Å². The summed E-state index contributed by atoms with van der Waals surface area (Å²) in [5.41, 5.74) is 0. The molecule has 1 atom stereocenters. The van der Waals surface area contributed by atoms with Gasteiger partial charge in [0.05, 0.1) is 9.16 Å². The number of aliphatic carboxylic acids is 1. The molecule has 6 heteroatoms. The Morgan fingerprint density at radius 3 is 2.71 bits per heavy atom. The molecule has 0 aliphatic carbocycles. The first-order valence-corrected chi connectivity index (χ1v) is 6.65. The number of halogens is 3. The Hall–Kier alpha value is 0.420. The molecule has 1 heterocycles. The van der Waals surface area contributed by atoms with E-state index in [0.717, 1.165) is 13.1 Å². The van der Waals surface area contributed by atoms with E-state index >= 15 is 0 Å². The van der Waals surface area contributed by atoms with Crippen molar-refractivity contribution in [2.24, 2.45) is 0 Å². The van der Waals surface area contributed by atoms with Gasteiger partial charge < -0.3 is 5.11 Å². The Morgan fingerprint density at radius 1 is 1.64 bits per heavy atom. The highest BCUT2D eigenvalue weighted by Gasteiger charge is 2.14. The van der Waals surface area contributed by atoms with E-state index in [2.05, 4.69) is 31.9 Å². The van der Waals surface area contributed by atoms with Gasteiger partial charge in [0, 0.05) is 15.8 Å². The molecule has 0 saturated carbocycles. The predicted octanol–water partition coefficient (Wildman–Crippen LogP) is 4.42. The van der Waals surface area contributed by atoms with Gasteiger partial charge in [0.1, 0.15) is 0 Å². The number of hydrogen-bond donors (Lipinski definition) is 1. The maximum atomic E-state index is 10.3. The normalized spacial score (nSPS) is 12.8. The second kappa shape index (κ2) is 5.49.